The second-order valence-electron chi connectivity index (χ2n) is 7.88. The molecule has 2 unspecified atom stereocenters. The van der Waals surface area contributed by atoms with Crippen LogP contribution in [-0.4, -0.2) is 39.5 Å². The zero-order chi connectivity index (χ0) is 22.4. The number of halogens is 3. The van der Waals surface area contributed by atoms with Crippen LogP contribution in [0.1, 0.15) is 48.6 Å². The molecule has 0 saturated heterocycles. The topological polar surface area (TPSA) is 46.6 Å². The molecule has 1 heterocycles. The third kappa shape index (κ3) is 5.39. The Morgan fingerprint density at radius 1 is 1.04 bits per heavy atom. The Bertz CT molecular complexity index is 862. The van der Waals surface area contributed by atoms with Gasteiger partial charge in [0.15, 0.2) is 0 Å². The Labute approximate surface area is 209 Å². The molecule has 0 spiro atoms. The Balaban J connectivity index is 0.000000892. The molecular weight excluding hydrogens is 753 g/mol. The van der Waals surface area contributed by atoms with Crippen molar-refractivity contribution in [2.24, 2.45) is 5.92 Å². The number of benzene rings is 1. The molecule has 1 aliphatic rings. The summed E-state index contributed by atoms with van der Waals surface area (Å²) in [5, 5.41) is 0. The molecule has 1 aromatic carbocycles. The van der Waals surface area contributed by atoms with Crippen molar-refractivity contribution >= 4 is 77.8 Å². The Morgan fingerprint density at radius 2 is 1.43 bits per heavy atom. The molecule has 4 nitrogen and oxygen atoms in total. The summed E-state index contributed by atoms with van der Waals surface area (Å²) in [5.74, 6) is 0.481. The minimum atomic E-state index is -3.49. The van der Waals surface area contributed by atoms with E-state index in [4.69, 9.17) is 12.6 Å². The number of ether oxygens (including phenoxy) is 1. The zero-order valence-electron chi connectivity index (χ0n) is 17.8. The van der Waals surface area contributed by atoms with Crippen molar-refractivity contribution in [1.82, 2.24) is 4.31 Å². The van der Waals surface area contributed by atoms with Crippen molar-refractivity contribution in [3.63, 3.8) is 0 Å². The van der Waals surface area contributed by atoms with E-state index in [1.54, 1.807) is 7.05 Å². The van der Waals surface area contributed by atoms with Crippen LogP contribution in [0.25, 0.3) is 0 Å². The van der Waals surface area contributed by atoms with Crippen LogP contribution in [-0.2, 0) is 20.4 Å². The molecule has 2 radical (unpaired) electrons. The average Bonchev–Trinajstić information content (AvgIpc) is 2.53. The molecule has 0 fully saturated rings. The molecule has 158 valence electrons. The molecule has 0 N–H and O–H groups in total. The van der Waals surface area contributed by atoms with Crippen molar-refractivity contribution in [2.45, 2.75) is 59.5 Å². The van der Waals surface area contributed by atoms with Crippen molar-refractivity contribution in [2.75, 3.05) is 13.3 Å². The molecule has 0 bridgehead atoms. The van der Waals surface area contributed by atoms with Gasteiger partial charge in [-0.3, -0.25) is 0 Å². The van der Waals surface area contributed by atoms with E-state index < -0.39 is 21.1 Å². The summed E-state index contributed by atoms with van der Waals surface area (Å²) in [4.78, 5) is -0.278. The average molecular weight is 781 g/mol. The SMILES string of the molecule is [B]C1(N(C)S(C)(=O)=O)c2c(C)c(C)c(C)c(C)c2OC(C)(C)C1C.[I][V]([I])[I]. The Hall–Kier alpha value is 1.77. The van der Waals surface area contributed by atoms with E-state index in [-0.39, 0.29) is 10.8 Å². The standard InChI is InChI=1S/C18H28BNO3S.3HI.V/c1-10-11(2)13(4)16-15(12(10)3)18(19,20(8)24(9,21)22)14(5)17(6,7)23-16;;;;/h14H,1-9H3;3*1H;/q;;;;+3/p-3. The number of fused-ring (bicyclic) bond motifs is 1. The second kappa shape index (κ2) is 9.72. The molecular formula is C18H28BI3NO3SV. The molecule has 0 amide bonds. The van der Waals surface area contributed by atoms with Gasteiger partial charge >= 0.3 is 64.9 Å². The third-order valence-electron chi connectivity index (χ3n) is 6.12. The quantitative estimate of drug-likeness (QED) is 0.291. The first-order valence-corrected chi connectivity index (χ1v) is 24.1. The van der Waals surface area contributed by atoms with E-state index in [0.717, 1.165) is 33.6 Å². The number of hydrogen-bond acceptors (Lipinski definition) is 3. The van der Waals surface area contributed by atoms with Crippen LogP contribution < -0.4 is 4.74 Å². The molecule has 0 saturated carbocycles. The summed E-state index contributed by atoms with van der Waals surface area (Å²) in [7, 11) is 4.94. The second-order valence-corrected chi connectivity index (χ2v) is 45.3. The minimum absolute atomic E-state index is 0.238. The number of nitrogens with zero attached hydrogens (tertiary/aromatic N) is 1. The van der Waals surface area contributed by atoms with Gasteiger partial charge in [-0.1, -0.05) is 6.92 Å². The third-order valence-corrected chi connectivity index (χ3v) is 7.41. The molecule has 1 aliphatic heterocycles. The van der Waals surface area contributed by atoms with Gasteiger partial charge in [0, 0.05) is 24.0 Å². The Morgan fingerprint density at radius 3 is 1.82 bits per heavy atom. The van der Waals surface area contributed by atoms with Gasteiger partial charge in [0.05, 0.1) is 6.26 Å². The molecule has 0 aliphatic carbocycles. The van der Waals surface area contributed by atoms with Crippen LogP contribution in [0.4, 0.5) is 0 Å². The summed E-state index contributed by atoms with van der Waals surface area (Å²) in [6, 6.07) is 0. The van der Waals surface area contributed by atoms with Crippen LogP contribution in [0, 0.1) is 33.6 Å². The van der Waals surface area contributed by atoms with Gasteiger partial charge in [0.1, 0.15) is 19.2 Å². The van der Waals surface area contributed by atoms with Crippen molar-refractivity contribution < 1.29 is 18.1 Å². The molecule has 0 aromatic heterocycles. The summed E-state index contributed by atoms with van der Waals surface area (Å²) >= 11 is 7.39. The van der Waals surface area contributed by atoms with Gasteiger partial charge in [-0.2, -0.15) is 0 Å². The first-order valence-electron chi connectivity index (χ1n) is 8.70. The molecule has 1 aromatic rings. The van der Waals surface area contributed by atoms with E-state index in [9.17, 15) is 8.42 Å². The summed E-state index contributed by atoms with van der Waals surface area (Å²) in [5.41, 5.74) is 3.30. The number of hydrogen-bond donors (Lipinski definition) is 0. The normalized spacial score (nSPS) is 23.7. The molecule has 28 heavy (non-hydrogen) atoms. The van der Waals surface area contributed by atoms with Crippen molar-refractivity contribution in [3.8, 4) is 5.75 Å². The van der Waals surface area contributed by atoms with Gasteiger partial charge in [0.25, 0.3) is 0 Å². The number of sulfonamides is 1. The van der Waals surface area contributed by atoms with Crippen molar-refractivity contribution in [1.29, 1.82) is 0 Å². The van der Waals surface area contributed by atoms with Gasteiger partial charge in [-0.15, -0.1) is 0 Å². The Kier molecular flexibility index (Phi) is 9.65. The summed E-state index contributed by atoms with van der Waals surface area (Å²) in [6.45, 7) is 14.0. The first kappa shape index (κ1) is 27.8. The van der Waals surface area contributed by atoms with E-state index in [1.807, 2.05) is 41.5 Å². The fourth-order valence-electron chi connectivity index (χ4n) is 3.69. The van der Waals surface area contributed by atoms with Crippen LogP contribution in [0.15, 0.2) is 0 Å². The van der Waals surface area contributed by atoms with Gasteiger partial charge in [0.2, 0.25) is 10.0 Å². The summed E-state index contributed by atoms with van der Waals surface area (Å²) in [6.07, 6.45) is 1.19. The fourth-order valence-corrected chi connectivity index (χ4v) is 4.49. The zero-order valence-corrected chi connectivity index (χ0v) is 26.5. The maximum absolute atomic E-state index is 12.4. The fraction of sp³-hybridized carbons (Fsp3) is 0.667. The predicted molar refractivity (Wildman–Crippen MR) is 141 cm³/mol. The van der Waals surface area contributed by atoms with Gasteiger partial charge in [-0.25, -0.2) is 12.7 Å². The maximum atomic E-state index is 12.4. The molecule has 10 heteroatoms. The first-order chi connectivity index (χ1) is 12.4. The summed E-state index contributed by atoms with van der Waals surface area (Å²) < 4.78 is 32.3. The van der Waals surface area contributed by atoms with Gasteiger partial charge < -0.3 is 4.74 Å². The molecule has 2 atom stereocenters. The number of rotatable bonds is 2. The molecule has 2 rings (SSSR count). The van der Waals surface area contributed by atoms with E-state index in [0.29, 0.717) is 0 Å². The van der Waals surface area contributed by atoms with Crippen LogP contribution >= 0.6 is 59.9 Å². The van der Waals surface area contributed by atoms with Crippen LogP contribution in [0.3, 0.4) is 0 Å². The predicted octanol–water partition coefficient (Wildman–Crippen LogP) is 5.59. The van der Waals surface area contributed by atoms with E-state index in [1.165, 1.54) is 10.6 Å². The van der Waals surface area contributed by atoms with Crippen molar-refractivity contribution in [3.05, 3.63) is 27.8 Å². The van der Waals surface area contributed by atoms with Crippen LogP contribution in [0.2, 0.25) is 0 Å². The van der Waals surface area contributed by atoms with Gasteiger partial charge in [-0.05, 0) is 63.8 Å². The monoisotopic (exact) mass is 781 g/mol. The van der Waals surface area contributed by atoms with E-state index >= 15 is 0 Å². The van der Waals surface area contributed by atoms with E-state index in [2.05, 4.69) is 66.9 Å². The van der Waals surface area contributed by atoms with Crippen LogP contribution in [0.5, 0.6) is 5.75 Å².